The monoisotopic (exact) mass is 114 g/mol. The number of rotatable bonds is 0. The minimum atomic E-state index is -1.63. The molecule has 0 radical (unpaired) electrons. The average molecular weight is 114 g/mol. The number of carbonyl (C=O) groups excluding carboxylic acids is 3. The van der Waals surface area contributed by atoms with Gasteiger partial charge >= 0.3 is 0 Å². The molecular weight excluding hydrogens is 108 g/mol. The summed E-state index contributed by atoms with van der Waals surface area (Å²) >= 11 is 0. The van der Waals surface area contributed by atoms with Crippen LogP contribution in [0.2, 0.25) is 0 Å². The third-order valence-corrected chi connectivity index (χ3v) is 0.790. The second-order valence-corrected chi connectivity index (χ2v) is 1.42. The molecule has 2 atom stereocenters. The maximum absolute atomic E-state index is 10.5. The molecule has 3 nitrogen and oxygen atoms in total. The van der Waals surface area contributed by atoms with Gasteiger partial charge in [-0.05, 0) is 0 Å². The lowest BCUT2D eigenvalue weighted by Crippen LogP contribution is -2.01. The van der Waals surface area contributed by atoms with Crippen LogP contribution in [0.3, 0.4) is 0 Å². The summed E-state index contributed by atoms with van der Waals surface area (Å²) < 4.78 is 13.5. The molecule has 0 aromatic carbocycles. The van der Waals surface area contributed by atoms with Crippen LogP contribution in [-0.4, -0.2) is 17.3 Å². The smallest absolute Gasteiger partial charge is 0.206 e. The van der Waals surface area contributed by atoms with Crippen molar-refractivity contribution in [3.05, 3.63) is 0 Å². The minimum Gasteiger partial charge on any atom is -0.299 e. The zero-order chi connectivity index (χ0) is 7.89. The lowest BCUT2D eigenvalue weighted by atomic mass is 10.3. The lowest BCUT2D eigenvalue weighted by molar-refractivity contribution is -0.134. The van der Waals surface area contributed by atoms with Gasteiger partial charge in [0, 0.05) is 2.74 Å². The van der Waals surface area contributed by atoms with Crippen molar-refractivity contribution in [3.63, 3.8) is 0 Å². The summed E-state index contributed by atoms with van der Waals surface area (Å²) in [7, 11) is 0. The van der Waals surface area contributed by atoms with Gasteiger partial charge in [0.05, 0.1) is 12.8 Å². The van der Waals surface area contributed by atoms with Crippen LogP contribution in [0.4, 0.5) is 0 Å². The van der Waals surface area contributed by atoms with Crippen molar-refractivity contribution in [2.75, 3.05) is 0 Å². The Bertz CT molecular complexity index is 201. The fourth-order valence-corrected chi connectivity index (χ4v) is 0.442. The van der Waals surface area contributed by atoms with Crippen molar-refractivity contribution in [1.82, 2.24) is 0 Å². The van der Waals surface area contributed by atoms with E-state index in [1.807, 2.05) is 0 Å². The van der Waals surface area contributed by atoms with Crippen LogP contribution in [0.5, 0.6) is 0 Å². The van der Waals surface area contributed by atoms with E-state index in [0.29, 0.717) is 0 Å². The second kappa shape index (κ2) is 1.51. The number of hydrogen-bond donors (Lipinski definition) is 0. The van der Waals surface area contributed by atoms with Crippen LogP contribution >= 0.6 is 0 Å². The van der Waals surface area contributed by atoms with Gasteiger partial charge in [0.2, 0.25) is 11.6 Å². The molecule has 1 saturated carbocycles. The Balaban J connectivity index is 3.00. The quantitative estimate of drug-likeness (QED) is 0.314. The van der Waals surface area contributed by atoms with E-state index in [0.717, 1.165) is 0 Å². The molecule has 1 fully saturated rings. The Morgan fingerprint density at radius 1 is 1.12 bits per heavy atom. The SMILES string of the molecule is [2H]C1C(=O)C(=O)C([2H])C1=O. The fraction of sp³-hybridized carbons (Fsp3) is 0.400. The molecule has 3 heteroatoms. The maximum atomic E-state index is 10.5. The van der Waals surface area contributed by atoms with E-state index >= 15 is 0 Å². The number of carbonyl (C=O) groups is 3. The first-order valence-electron chi connectivity index (χ1n) is 3.17. The van der Waals surface area contributed by atoms with Gasteiger partial charge in [-0.15, -0.1) is 0 Å². The molecule has 42 valence electrons. The molecule has 0 bridgehead atoms. The molecule has 1 aliphatic carbocycles. The highest BCUT2D eigenvalue weighted by atomic mass is 16.2. The molecule has 0 aliphatic heterocycles. The van der Waals surface area contributed by atoms with Gasteiger partial charge in [-0.2, -0.15) is 0 Å². The van der Waals surface area contributed by atoms with Crippen molar-refractivity contribution in [1.29, 1.82) is 0 Å². The van der Waals surface area contributed by atoms with Gasteiger partial charge in [-0.1, -0.05) is 0 Å². The van der Waals surface area contributed by atoms with Gasteiger partial charge in [0.1, 0.15) is 5.78 Å². The van der Waals surface area contributed by atoms with E-state index in [1.165, 1.54) is 0 Å². The normalized spacial score (nSPS) is 42.2. The summed E-state index contributed by atoms with van der Waals surface area (Å²) in [4.78, 5) is 31.4. The van der Waals surface area contributed by atoms with Crippen molar-refractivity contribution in [3.8, 4) is 0 Å². The first kappa shape index (κ1) is 3.12. The summed E-state index contributed by atoms with van der Waals surface area (Å²) in [5, 5.41) is 0. The molecule has 1 rings (SSSR count). The molecule has 2 unspecified atom stereocenters. The molecule has 1 aliphatic rings. The first-order valence-corrected chi connectivity index (χ1v) is 2.02. The molecule has 8 heavy (non-hydrogen) atoms. The summed E-state index contributed by atoms with van der Waals surface area (Å²) in [5.74, 6) is -3.01. The molecule has 0 saturated heterocycles. The number of Topliss-reactive ketones (excluding diaryl/α,β-unsaturated/α-hetero) is 3. The van der Waals surface area contributed by atoms with E-state index in [1.54, 1.807) is 0 Å². The van der Waals surface area contributed by atoms with Crippen molar-refractivity contribution in [2.24, 2.45) is 0 Å². The Kier molecular flexibility index (Phi) is 0.587. The second-order valence-electron chi connectivity index (χ2n) is 1.42. The van der Waals surface area contributed by atoms with Gasteiger partial charge in [-0.25, -0.2) is 0 Å². The van der Waals surface area contributed by atoms with Gasteiger partial charge in [-0.3, -0.25) is 14.4 Å². The summed E-state index contributed by atoms with van der Waals surface area (Å²) in [5.41, 5.74) is 0. The highest BCUT2D eigenvalue weighted by Crippen LogP contribution is 2.03. The third-order valence-electron chi connectivity index (χ3n) is 0.790. The highest BCUT2D eigenvalue weighted by Gasteiger charge is 2.27. The van der Waals surface area contributed by atoms with Crippen LogP contribution in [0, 0.1) is 0 Å². The third kappa shape index (κ3) is 0.665. The van der Waals surface area contributed by atoms with Gasteiger partial charge in [0.25, 0.3) is 0 Å². The van der Waals surface area contributed by atoms with E-state index in [4.69, 9.17) is 2.74 Å². The Labute approximate surface area is 48.5 Å². The van der Waals surface area contributed by atoms with Crippen LogP contribution < -0.4 is 0 Å². The Morgan fingerprint density at radius 2 is 1.50 bits per heavy atom. The summed E-state index contributed by atoms with van der Waals surface area (Å²) in [6, 6.07) is 0. The van der Waals surface area contributed by atoms with Crippen molar-refractivity contribution >= 4 is 17.3 Å². The molecule has 0 spiro atoms. The summed E-state index contributed by atoms with van der Waals surface area (Å²) in [6.07, 6.45) is -3.26. The minimum absolute atomic E-state index is 0.907. The first-order chi connectivity index (χ1) is 4.55. The largest absolute Gasteiger partial charge is 0.299 e. The topological polar surface area (TPSA) is 51.2 Å². The predicted octanol–water partition coefficient (Wildman–Crippen LogP) is -0.512. The molecular formula is C5H4O3. The molecule has 0 aromatic heterocycles. The Hall–Kier alpha value is -0.990. The highest BCUT2D eigenvalue weighted by molar-refractivity contribution is 6.48. The zero-order valence-electron chi connectivity index (χ0n) is 5.88. The van der Waals surface area contributed by atoms with Crippen molar-refractivity contribution < 1.29 is 17.1 Å². The van der Waals surface area contributed by atoms with Crippen LogP contribution in [-0.2, 0) is 14.4 Å². The van der Waals surface area contributed by atoms with E-state index in [-0.39, 0.29) is 0 Å². The molecule has 0 N–H and O–H groups in total. The standard InChI is InChI=1S/C5H4O3/c6-3-1-4(7)5(8)2-3/h1-2H2/i1D,2D. The predicted molar refractivity (Wildman–Crippen MR) is 24.3 cm³/mol. The zero-order valence-corrected chi connectivity index (χ0v) is 3.88. The maximum Gasteiger partial charge on any atom is 0.206 e. The fourth-order valence-electron chi connectivity index (χ4n) is 0.442. The Morgan fingerprint density at radius 3 is 1.62 bits per heavy atom. The average Bonchev–Trinajstić information content (AvgIpc) is 2.07. The molecule has 0 aromatic rings. The van der Waals surface area contributed by atoms with Crippen LogP contribution in [0.1, 0.15) is 15.5 Å². The molecule has 0 heterocycles. The van der Waals surface area contributed by atoms with Gasteiger partial charge < -0.3 is 0 Å². The van der Waals surface area contributed by atoms with E-state index in [9.17, 15) is 14.4 Å². The van der Waals surface area contributed by atoms with Gasteiger partial charge in [0.15, 0.2) is 0 Å². The van der Waals surface area contributed by atoms with Crippen LogP contribution in [0.25, 0.3) is 0 Å². The van der Waals surface area contributed by atoms with E-state index in [2.05, 4.69) is 0 Å². The number of ketones is 3. The lowest BCUT2D eigenvalue weighted by Gasteiger charge is -1.71. The number of hydrogen-bond acceptors (Lipinski definition) is 3. The van der Waals surface area contributed by atoms with E-state index < -0.39 is 30.1 Å². The van der Waals surface area contributed by atoms with Crippen LogP contribution in [0.15, 0.2) is 0 Å². The van der Waals surface area contributed by atoms with Crippen molar-refractivity contribution in [2.45, 2.75) is 12.8 Å². The summed E-state index contributed by atoms with van der Waals surface area (Å²) in [6.45, 7) is 0. The molecule has 0 amide bonds.